The molecule has 0 saturated carbocycles. The molecule has 6 heteroatoms. The van der Waals surface area contributed by atoms with E-state index >= 15 is 0 Å². The number of amides is 1. The molecular formula is C23H27NO4S. The molecule has 1 amide bonds. The fourth-order valence-corrected chi connectivity index (χ4v) is 4.27. The molecule has 2 aromatic carbocycles. The third-order valence-corrected chi connectivity index (χ3v) is 5.74. The number of nitrogens with zero attached hydrogens (tertiary/aromatic N) is 1. The highest BCUT2D eigenvalue weighted by Gasteiger charge is 2.19. The van der Waals surface area contributed by atoms with E-state index in [1.807, 2.05) is 24.3 Å². The Labute approximate surface area is 172 Å². The van der Waals surface area contributed by atoms with Gasteiger partial charge in [-0.25, -0.2) is 8.42 Å². The Balaban J connectivity index is 1.86. The first-order chi connectivity index (χ1) is 13.8. The normalized spacial score (nSPS) is 11.7. The third-order valence-electron chi connectivity index (χ3n) is 4.88. The second-order valence-corrected chi connectivity index (χ2v) is 9.68. The van der Waals surface area contributed by atoms with Crippen LogP contribution < -0.4 is 0 Å². The van der Waals surface area contributed by atoms with E-state index in [1.54, 1.807) is 36.2 Å². The molecule has 0 aliphatic heterocycles. The van der Waals surface area contributed by atoms with E-state index in [0.29, 0.717) is 17.7 Å². The first kappa shape index (κ1) is 21.1. The van der Waals surface area contributed by atoms with Gasteiger partial charge in [0.2, 0.25) is 0 Å². The van der Waals surface area contributed by atoms with E-state index in [4.69, 9.17) is 4.42 Å². The van der Waals surface area contributed by atoms with Gasteiger partial charge in [-0.05, 0) is 30.2 Å². The van der Waals surface area contributed by atoms with Crippen LogP contribution in [0.3, 0.4) is 0 Å². The van der Waals surface area contributed by atoms with Gasteiger partial charge >= 0.3 is 0 Å². The number of carbonyl (C=O) groups excluding carboxylic acids is 1. The molecule has 1 heterocycles. The van der Waals surface area contributed by atoms with Crippen molar-refractivity contribution in [1.82, 2.24) is 4.90 Å². The van der Waals surface area contributed by atoms with Crippen molar-refractivity contribution in [3.8, 4) is 0 Å². The van der Waals surface area contributed by atoms with Crippen LogP contribution in [0.1, 0.15) is 47.0 Å². The predicted octanol–water partition coefficient (Wildman–Crippen LogP) is 4.59. The van der Waals surface area contributed by atoms with E-state index in [-0.39, 0.29) is 11.7 Å². The van der Waals surface area contributed by atoms with Crippen LogP contribution in [0.2, 0.25) is 0 Å². The summed E-state index contributed by atoms with van der Waals surface area (Å²) in [5.74, 6) is 0.705. The van der Waals surface area contributed by atoms with E-state index < -0.39 is 9.84 Å². The lowest BCUT2D eigenvalue weighted by molar-refractivity contribution is 0.0785. The van der Waals surface area contributed by atoms with Crippen molar-refractivity contribution in [3.63, 3.8) is 0 Å². The standard InChI is InChI=1S/C23H27NO4S/c1-4-5-12-22-20(19-11-6-7-13-21(19)28-22)15-24(2)23(25)18-10-8-9-17(14-18)16-29(3,26)27/h6-11,13-14H,4-5,12,15-16H2,1-3H3. The molecule has 0 N–H and O–H groups in total. The molecule has 0 spiro atoms. The van der Waals surface area contributed by atoms with Crippen molar-refractivity contribution < 1.29 is 17.6 Å². The molecule has 0 unspecified atom stereocenters. The minimum absolute atomic E-state index is 0.0780. The van der Waals surface area contributed by atoms with Crippen molar-refractivity contribution in [2.24, 2.45) is 0 Å². The highest BCUT2D eigenvalue weighted by molar-refractivity contribution is 7.89. The Hall–Kier alpha value is -2.60. The number of sulfone groups is 1. The van der Waals surface area contributed by atoms with Gasteiger partial charge in [0.05, 0.1) is 5.75 Å². The zero-order valence-electron chi connectivity index (χ0n) is 17.1. The maximum Gasteiger partial charge on any atom is 0.253 e. The molecule has 3 aromatic rings. The Kier molecular flexibility index (Phi) is 6.42. The second kappa shape index (κ2) is 8.82. The van der Waals surface area contributed by atoms with Crippen LogP contribution in [0.5, 0.6) is 0 Å². The van der Waals surface area contributed by atoms with E-state index in [0.717, 1.165) is 41.6 Å². The Morgan fingerprint density at radius 3 is 2.59 bits per heavy atom. The Morgan fingerprint density at radius 1 is 1.10 bits per heavy atom. The van der Waals surface area contributed by atoms with Crippen LogP contribution >= 0.6 is 0 Å². The Morgan fingerprint density at radius 2 is 1.86 bits per heavy atom. The summed E-state index contributed by atoms with van der Waals surface area (Å²) in [7, 11) is -1.40. The van der Waals surface area contributed by atoms with E-state index in [9.17, 15) is 13.2 Å². The van der Waals surface area contributed by atoms with Gasteiger partial charge in [-0.2, -0.15) is 0 Å². The molecule has 1 aromatic heterocycles. The van der Waals surface area contributed by atoms with Crippen LogP contribution in [0.4, 0.5) is 0 Å². The average molecular weight is 414 g/mol. The average Bonchev–Trinajstić information content (AvgIpc) is 3.02. The first-order valence-corrected chi connectivity index (χ1v) is 11.9. The zero-order valence-corrected chi connectivity index (χ0v) is 18.0. The molecule has 5 nitrogen and oxygen atoms in total. The third kappa shape index (κ3) is 5.26. The van der Waals surface area contributed by atoms with Crippen molar-refractivity contribution in [3.05, 3.63) is 71.0 Å². The molecule has 0 atom stereocenters. The fraction of sp³-hybridized carbons (Fsp3) is 0.348. The fourth-order valence-electron chi connectivity index (χ4n) is 3.49. The minimum atomic E-state index is -3.16. The van der Waals surface area contributed by atoms with Gasteiger partial charge in [-0.3, -0.25) is 4.79 Å². The highest BCUT2D eigenvalue weighted by atomic mass is 32.2. The van der Waals surface area contributed by atoms with E-state index in [1.165, 1.54) is 6.26 Å². The van der Waals surface area contributed by atoms with Gasteiger partial charge in [-0.15, -0.1) is 0 Å². The minimum Gasteiger partial charge on any atom is -0.461 e. The second-order valence-electron chi connectivity index (χ2n) is 7.54. The van der Waals surface area contributed by atoms with Gasteiger partial charge < -0.3 is 9.32 Å². The quantitative estimate of drug-likeness (QED) is 0.542. The molecule has 0 aliphatic rings. The van der Waals surface area contributed by atoms with Crippen LogP contribution in [0.25, 0.3) is 11.0 Å². The van der Waals surface area contributed by atoms with Crippen molar-refractivity contribution in [2.75, 3.05) is 13.3 Å². The summed E-state index contributed by atoms with van der Waals surface area (Å²) in [6.45, 7) is 2.58. The number of hydrogen-bond donors (Lipinski definition) is 0. The molecule has 3 rings (SSSR count). The number of furan rings is 1. The molecule has 0 bridgehead atoms. The summed E-state index contributed by atoms with van der Waals surface area (Å²) in [6.07, 6.45) is 4.12. The lowest BCUT2D eigenvalue weighted by Gasteiger charge is -2.18. The number of fused-ring (bicyclic) bond motifs is 1. The number of rotatable bonds is 8. The van der Waals surface area contributed by atoms with E-state index in [2.05, 4.69) is 6.92 Å². The van der Waals surface area contributed by atoms with Crippen LogP contribution in [-0.2, 0) is 28.6 Å². The largest absolute Gasteiger partial charge is 0.461 e. The van der Waals surface area contributed by atoms with Crippen LogP contribution in [0.15, 0.2) is 52.9 Å². The maximum atomic E-state index is 13.0. The maximum absolute atomic E-state index is 13.0. The summed E-state index contributed by atoms with van der Waals surface area (Å²) in [5.41, 5.74) is 2.97. The van der Waals surface area contributed by atoms with Crippen molar-refractivity contribution >= 4 is 26.7 Å². The van der Waals surface area contributed by atoms with Gasteiger partial charge in [0.15, 0.2) is 9.84 Å². The van der Waals surface area contributed by atoms with Crippen molar-refractivity contribution in [2.45, 2.75) is 38.5 Å². The molecule has 0 aliphatic carbocycles. The van der Waals surface area contributed by atoms with Crippen LogP contribution in [-0.4, -0.2) is 32.5 Å². The molecule has 154 valence electrons. The number of unbranched alkanes of at least 4 members (excludes halogenated alkanes) is 1. The SMILES string of the molecule is CCCCc1oc2ccccc2c1CN(C)C(=O)c1cccc(CS(C)(=O)=O)c1. The summed E-state index contributed by atoms with van der Waals surface area (Å²) in [4.78, 5) is 14.7. The predicted molar refractivity (Wildman–Crippen MR) is 116 cm³/mol. The van der Waals surface area contributed by atoms with Gasteiger partial charge in [0.25, 0.3) is 5.91 Å². The number of para-hydroxylation sites is 1. The van der Waals surface area contributed by atoms with Gasteiger partial charge in [-0.1, -0.05) is 43.7 Å². The summed E-state index contributed by atoms with van der Waals surface area (Å²) in [5, 5.41) is 1.03. The topological polar surface area (TPSA) is 67.6 Å². The summed E-state index contributed by atoms with van der Waals surface area (Å²) in [6, 6.07) is 14.7. The smallest absolute Gasteiger partial charge is 0.253 e. The molecule has 0 radical (unpaired) electrons. The summed E-state index contributed by atoms with van der Waals surface area (Å²) >= 11 is 0. The lowest BCUT2D eigenvalue weighted by Crippen LogP contribution is -2.26. The lowest BCUT2D eigenvalue weighted by atomic mass is 10.1. The highest BCUT2D eigenvalue weighted by Crippen LogP contribution is 2.28. The number of hydrogen-bond acceptors (Lipinski definition) is 4. The monoisotopic (exact) mass is 413 g/mol. The van der Waals surface area contributed by atoms with Crippen molar-refractivity contribution in [1.29, 1.82) is 0 Å². The molecule has 0 saturated heterocycles. The number of benzene rings is 2. The number of carbonyl (C=O) groups is 1. The molecule has 29 heavy (non-hydrogen) atoms. The molecule has 0 fully saturated rings. The Bertz CT molecular complexity index is 1110. The zero-order chi connectivity index (χ0) is 21.0. The first-order valence-electron chi connectivity index (χ1n) is 9.80. The summed E-state index contributed by atoms with van der Waals surface area (Å²) < 4.78 is 29.2. The van der Waals surface area contributed by atoms with Crippen LogP contribution in [0, 0.1) is 0 Å². The van der Waals surface area contributed by atoms with Gasteiger partial charge in [0.1, 0.15) is 11.3 Å². The molecular weight excluding hydrogens is 386 g/mol. The number of aryl methyl sites for hydroxylation is 1. The van der Waals surface area contributed by atoms with Gasteiger partial charge in [0, 0.05) is 42.8 Å².